The second-order valence-electron chi connectivity index (χ2n) is 4.38. The maximum absolute atomic E-state index is 11.7. The summed E-state index contributed by atoms with van der Waals surface area (Å²) < 4.78 is 0. The number of benzene rings is 1. The van der Waals surface area contributed by atoms with E-state index in [9.17, 15) is 14.4 Å². The molecule has 0 saturated heterocycles. The molecule has 0 unspecified atom stereocenters. The van der Waals surface area contributed by atoms with Gasteiger partial charge in [-0.25, -0.2) is 10.2 Å². The van der Waals surface area contributed by atoms with Crippen LogP contribution < -0.4 is 16.2 Å². The summed E-state index contributed by atoms with van der Waals surface area (Å²) in [6, 6.07) is 10.7. The van der Waals surface area contributed by atoms with E-state index in [2.05, 4.69) is 21.2 Å². The second kappa shape index (κ2) is 6.98. The van der Waals surface area contributed by atoms with Gasteiger partial charge >= 0.3 is 6.03 Å². The summed E-state index contributed by atoms with van der Waals surface area (Å²) in [4.78, 5) is 38.3. The number of nitrogens with zero attached hydrogens (tertiary/aromatic N) is 1. The second-order valence-corrected chi connectivity index (χ2v) is 4.38. The molecule has 7 heteroatoms. The molecule has 7 nitrogen and oxygen atoms in total. The predicted molar refractivity (Wildman–Crippen MR) is 80.3 cm³/mol. The maximum Gasteiger partial charge on any atom is 0.337 e. The number of Topliss-reactive ketones (excluding diaryl/α,β-unsaturated/α-hetero) is 1. The van der Waals surface area contributed by atoms with Crippen LogP contribution in [0.4, 0.5) is 10.5 Å². The van der Waals surface area contributed by atoms with Crippen LogP contribution in [0, 0.1) is 0 Å². The molecule has 0 aliphatic carbocycles. The van der Waals surface area contributed by atoms with Gasteiger partial charge in [0.2, 0.25) is 0 Å². The van der Waals surface area contributed by atoms with Gasteiger partial charge in [0.25, 0.3) is 5.91 Å². The van der Waals surface area contributed by atoms with E-state index in [-0.39, 0.29) is 11.5 Å². The fraction of sp³-hybridized carbons (Fsp3) is 0.0667. The van der Waals surface area contributed by atoms with Gasteiger partial charge in [-0.3, -0.25) is 20.0 Å². The number of pyridine rings is 1. The summed E-state index contributed by atoms with van der Waals surface area (Å²) in [5.74, 6) is -0.582. The minimum atomic E-state index is -0.611. The smallest absolute Gasteiger partial charge is 0.307 e. The van der Waals surface area contributed by atoms with Crippen LogP contribution in [0.3, 0.4) is 0 Å². The number of carbonyl (C=O) groups excluding carboxylic acids is 3. The normalized spacial score (nSPS) is 9.68. The number of carbonyl (C=O) groups is 3. The Labute approximate surface area is 126 Å². The third-order valence-electron chi connectivity index (χ3n) is 2.74. The molecule has 0 bridgehead atoms. The predicted octanol–water partition coefficient (Wildman–Crippen LogP) is 1.75. The molecule has 3 N–H and O–H groups in total. The average molecular weight is 298 g/mol. The van der Waals surface area contributed by atoms with Crippen molar-refractivity contribution in [3.63, 3.8) is 0 Å². The topological polar surface area (TPSA) is 100 Å². The number of hydrazine groups is 1. The molecule has 0 atom stereocenters. The van der Waals surface area contributed by atoms with Crippen LogP contribution in [0.2, 0.25) is 0 Å². The van der Waals surface area contributed by atoms with Gasteiger partial charge in [-0.1, -0.05) is 6.07 Å². The number of anilines is 1. The molecule has 1 heterocycles. The highest BCUT2D eigenvalue weighted by molar-refractivity contribution is 5.97. The number of rotatable bonds is 3. The number of nitrogens with one attached hydrogen (secondary N) is 3. The molecular weight excluding hydrogens is 284 g/mol. The third-order valence-corrected chi connectivity index (χ3v) is 2.74. The molecule has 0 saturated carbocycles. The zero-order valence-corrected chi connectivity index (χ0v) is 11.8. The largest absolute Gasteiger partial charge is 0.337 e. The lowest BCUT2D eigenvalue weighted by molar-refractivity contribution is 0.0932. The van der Waals surface area contributed by atoms with E-state index in [0.29, 0.717) is 11.3 Å². The lowest BCUT2D eigenvalue weighted by Gasteiger charge is -2.09. The highest BCUT2D eigenvalue weighted by atomic mass is 16.2. The molecule has 1 aromatic carbocycles. The highest BCUT2D eigenvalue weighted by Crippen LogP contribution is 2.09. The molecule has 3 amide bonds. The number of urea groups is 1. The first-order valence-corrected chi connectivity index (χ1v) is 6.45. The van der Waals surface area contributed by atoms with Crippen LogP contribution in [-0.2, 0) is 0 Å². The molecule has 0 aliphatic heterocycles. The van der Waals surface area contributed by atoms with E-state index in [4.69, 9.17) is 0 Å². The Kier molecular flexibility index (Phi) is 4.81. The molecule has 22 heavy (non-hydrogen) atoms. The van der Waals surface area contributed by atoms with Crippen molar-refractivity contribution < 1.29 is 14.4 Å². The summed E-state index contributed by atoms with van der Waals surface area (Å²) in [6.45, 7) is 1.46. The van der Waals surface area contributed by atoms with Gasteiger partial charge in [0.15, 0.2) is 5.78 Å². The summed E-state index contributed by atoms with van der Waals surface area (Å²) in [5, 5.41) is 2.52. The summed E-state index contributed by atoms with van der Waals surface area (Å²) in [6.07, 6.45) is 1.48. The Morgan fingerprint density at radius 3 is 2.27 bits per heavy atom. The maximum atomic E-state index is 11.7. The molecule has 0 spiro atoms. The van der Waals surface area contributed by atoms with Crippen LogP contribution >= 0.6 is 0 Å². The van der Waals surface area contributed by atoms with Gasteiger partial charge in [0.1, 0.15) is 5.69 Å². The molecule has 1 aromatic heterocycles. The van der Waals surface area contributed by atoms with Crippen molar-refractivity contribution in [3.05, 3.63) is 59.9 Å². The van der Waals surface area contributed by atoms with Crippen molar-refractivity contribution in [3.8, 4) is 0 Å². The Balaban J connectivity index is 1.85. The molecule has 112 valence electrons. The van der Waals surface area contributed by atoms with Crippen molar-refractivity contribution in [2.75, 3.05) is 5.32 Å². The number of ketones is 1. The minimum Gasteiger partial charge on any atom is -0.307 e. The fourth-order valence-electron chi connectivity index (χ4n) is 1.63. The van der Waals surface area contributed by atoms with Crippen LogP contribution in [-0.4, -0.2) is 22.7 Å². The van der Waals surface area contributed by atoms with E-state index in [0.717, 1.165) is 0 Å². The highest BCUT2D eigenvalue weighted by Gasteiger charge is 2.08. The monoisotopic (exact) mass is 298 g/mol. The average Bonchev–Trinajstić information content (AvgIpc) is 2.54. The first-order chi connectivity index (χ1) is 10.6. The quantitative estimate of drug-likeness (QED) is 0.593. The van der Waals surface area contributed by atoms with Gasteiger partial charge in [-0.2, -0.15) is 0 Å². The van der Waals surface area contributed by atoms with Crippen molar-refractivity contribution in [2.24, 2.45) is 0 Å². The zero-order chi connectivity index (χ0) is 15.9. The van der Waals surface area contributed by atoms with Gasteiger partial charge in [-0.05, 0) is 43.3 Å². The number of amides is 3. The van der Waals surface area contributed by atoms with Crippen LogP contribution in [0.15, 0.2) is 48.7 Å². The number of hydrogen-bond acceptors (Lipinski definition) is 4. The molecule has 0 aliphatic rings. The van der Waals surface area contributed by atoms with Gasteiger partial charge in [0, 0.05) is 17.4 Å². The molecule has 2 aromatic rings. The lowest BCUT2D eigenvalue weighted by Crippen LogP contribution is -2.44. The number of hydrogen-bond donors (Lipinski definition) is 3. The van der Waals surface area contributed by atoms with E-state index < -0.39 is 11.9 Å². The van der Waals surface area contributed by atoms with E-state index >= 15 is 0 Å². The Morgan fingerprint density at radius 1 is 0.955 bits per heavy atom. The Morgan fingerprint density at radius 2 is 1.68 bits per heavy atom. The van der Waals surface area contributed by atoms with Crippen LogP contribution in [0.5, 0.6) is 0 Å². The summed E-state index contributed by atoms with van der Waals surface area (Å²) in [7, 11) is 0. The van der Waals surface area contributed by atoms with E-state index in [1.165, 1.54) is 19.2 Å². The Bertz CT molecular complexity index is 684. The molecule has 0 radical (unpaired) electrons. The molecule has 0 fully saturated rings. The van der Waals surface area contributed by atoms with Gasteiger partial charge < -0.3 is 5.32 Å². The first-order valence-electron chi connectivity index (χ1n) is 6.45. The standard InChI is InChI=1S/C15H14N4O3/c1-10(20)11-5-7-12(8-6-11)17-15(22)19-18-14(21)13-4-2-3-9-16-13/h2-9H,1H3,(H,18,21)(H2,17,19,22). The molecular formula is C15H14N4O3. The summed E-state index contributed by atoms with van der Waals surface area (Å²) in [5.41, 5.74) is 5.68. The van der Waals surface area contributed by atoms with E-state index in [1.807, 2.05) is 0 Å². The van der Waals surface area contributed by atoms with Crippen LogP contribution in [0.25, 0.3) is 0 Å². The van der Waals surface area contributed by atoms with Gasteiger partial charge in [-0.15, -0.1) is 0 Å². The number of aromatic nitrogens is 1. The fourth-order valence-corrected chi connectivity index (χ4v) is 1.63. The Hall–Kier alpha value is -3.22. The lowest BCUT2D eigenvalue weighted by atomic mass is 10.1. The molecule has 2 rings (SSSR count). The third kappa shape index (κ3) is 4.14. The zero-order valence-electron chi connectivity index (χ0n) is 11.8. The minimum absolute atomic E-state index is 0.0568. The van der Waals surface area contributed by atoms with Crippen molar-refractivity contribution in [2.45, 2.75) is 6.92 Å². The first kappa shape index (κ1) is 15.2. The SMILES string of the molecule is CC(=O)c1ccc(NC(=O)NNC(=O)c2ccccn2)cc1. The van der Waals surface area contributed by atoms with Crippen LogP contribution in [0.1, 0.15) is 27.8 Å². The van der Waals surface area contributed by atoms with E-state index in [1.54, 1.807) is 36.4 Å². The van der Waals surface area contributed by atoms with Crippen molar-refractivity contribution >= 4 is 23.4 Å². The summed E-state index contributed by atoms with van der Waals surface area (Å²) >= 11 is 0. The van der Waals surface area contributed by atoms with Gasteiger partial charge in [0.05, 0.1) is 0 Å². The van der Waals surface area contributed by atoms with Crippen molar-refractivity contribution in [1.82, 2.24) is 15.8 Å². The van der Waals surface area contributed by atoms with Crippen molar-refractivity contribution in [1.29, 1.82) is 0 Å².